The second-order valence-electron chi connectivity index (χ2n) is 5.21. The Morgan fingerprint density at radius 2 is 1.95 bits per heavy atom. The van der Waals surface area contributed by atoms with Crippen LogP contribution in [0.5, 0.6) is 11.5 Å². The number of aliphatic hydroxyl groups excluding tert-OH is 1. The molecule has 1 aromatic carbocycles. The molecule has 1 heterocycles. The van der Waals surface area contributed by atoms with E-state index in [2.05, 4.69) is 5.32 Å². The fourth-order valence-electron chi connectivity index (χ4n) is 1.65. The minimum absolute atomic E-state index is 0.247. The lowest BCUT2D eigenvalue weighted by atomic mass is 9.98. The number of rotatable bonds is 3. The van der Waals surface area contributed by atoms with E-state index in [9.17, 15) is 9.90 Å². The first kappa shape index (κ1) is 13.7. The summed E-state index contributed by atoms with van der Waals surface area (Å²) in [6, 6.07) is 5.06. The van der Waals surface area contributed by atoms with E-state index in [1.165, 1.54) is 0 Å². The average molecular weight is 265 g/mol. The van der Waals surface area contributed by atoms with Gasteiger partial charge in [0.1, 0.15) is 13.2 Å². The lowest BCUT2D eigenvalue weighted by molar-refractivity contribution is 0.0708. The molecule has 1 amide bonds. The van der Waals surface area contributed by atoms with Gasteiger partial charge in [0.2, 0.25) is 0 Å². The molecule has 0 spiro atoms. The van der Waals surface area contributed by atoms with E-state index in [0.717, 1.165) is 0 Å². The zero-order valence-corrected chi connectivity index (χ0v) is 11.4. The summed E-state index contributed by atoms with van der Waals surface area (Å²) in [5.74, 6) is 0.981. The van der Waals surface area contributed by atoms with Gasteiger partial charge in [-0.2, -0.15) is 0 Å². The van der Waals surface area contributed by atoms with Gasteiger partial charge in [-0.25, -0.2) is 0 Å². The van der Waals surface area contributed by atoms with Crippen molar-refractivity contribution < 1.29 is 19.4 Å². The molecule has 0 fully saturated rings. The molecule has 1 unspecified atom stereocenters. The highest BCUT2D eigenvalue weighted by Gasteiger charge is 2.27. The smallest absolute Gasteiger partial charge is 0.251 e. The van der Waals surface area contributed by atoms with E-state index in [4.69, 9.17) is 9.47 Å². The molecule has 1 aromatic rings. The van der Waals surface area contributed by atoms with Gasteiger partial charge in [-0.1, -0.05) is 0 Å². The molecular formula is C14H19NO4. The van der Waals surface area contributed by atoms with E-state index >= 15 is 0 Å². The summed E-state index contributed by atoms with van der Waals surface area (Å²) in [5, 5.41) is 12.4. The van der Waals surface area contributed by atoms with Crippen LogP contribution < -0.4 is 14.8 Å². The van der Waals surface area contributed by atoms with Crippen LogP contribution in [0.2, 0.25) is 0 Å². The minimum Gasteiger partial charge on any atom is -0.486 e. The maximum atomic E-state index is 12.1. The summed E-state index contributed by atoms with van der Waals surface area (Å²) in [4.78, 5) is 12.1. The van der Waals surface area contributed by atoms with Gasteiger partial charge in [0.25, 0.3) is 5.91 Å². The number of benzene rings is 1. The first-order chi connectivity index (χ1) is 8.90. The molecule has 0 saturated heterocycles. The molecular weight excluding hydrogens is 246 g/mol. The summed E-state index contributed by atoms with van der Waals surface area (Å²) >= 11 is 0. The number of ether oxygens (including phenoxy) is 2. The lowest BCUT2D eigenvalue weighted by Gasteiger charge is -2.29. The number of hydrogen-bond acceptors (Lipinski definition) is 4. The van der Waals surface area contributed by atoms with Gasteiger partial charge in [-0.15, -0.1) is 0 Å². The minimum atomic E-state index is -0.690. The quantitative estimate of drug-likeness (QED) is 0.865. The number of aliphatic hydroxyl groups is 1. The van der Waals surface area contributed by atoms with Crippen LogP contribution in [0.15, 0.2) is 18.2 Å². The number of carbonyl (C=O) groups is 1. The Labute approximate surface area is 112 Å². The molecule has 0 bridgehead atoms. The monoisotopic (exact) mass is 265 g/mol. The zero-order chi connectivity index (χ0) is 14.0. The predicted molar refractivity (Wildman–Crippen MR) is 70.7 cm³/mol. The van der Waals surface area contributed by atoms with Crippen LogP contribution in [0.25, 0.3) is 0 Å². The summed E-state index contributed by atoms with van der Waals surface area (Å²) in [7, 11) is 0. The van der Waals surface area contributed by atoms with Crippen molar-refractivity contribution in [2.45, 2.75) is 32.4 Å². The molecule has 5 heteroatoms. The van der Waals surface area contributed by atoms with Crippen LogP contribution in [0.1, 0.15) is 31.1 Å². The Balaban J connectivity index is 2.16. The van der Waals surface area contributed by atoms with Crippen LogP contribution >= 0.6 is 0 Å². The van der Waals surface area contributed by atoms with Crippen LogP contribution in [-0.4, -0.2) is 35.9 Å². The van der Waals surface area contributed by atoms with Gasteiger partial charge in [0, 0.05) is 5.56 Å². The highest BCUT2D eigenvalue weighted by atomic mass is 16.6. The molecule has 2 N–H and O–H groups in total. The second kappa shape index (κ2) is 5.09. The molecule has 0 saturated carbocycles. The Morgan fingerprint density at radius 3 is 2.58 bits per heavy atom. The van der Waals surface area contributed by atoms with Crippen molar-refractivity contribution in [2.75, 3.05) is 13.2 Å². The highest BCUT2D eigenvalue weighted by molar-refractivity contribution is 5.95. The molecule has 5 nitrogen and oxygen atoms in total. The van der Waals surface area contributed by atoms with Gasteiger partial charge >= 0.3 is 0 Å². The highest BCUT2D eigenvalue weighted by Crippen LogP contribution is 2.30. The van der Waals surface area contributed by atoms with Gasteiger partial charge in [0.05, 0.1) is 11.6 Å². The summed E-state index contributed by atoms with van der Waals surface area (Å²) in [6.45, 7) is 6.19. The molecule has 19 heavy (non-hydrogen) atoms. The Hall–Kier alpha value is -1.75. The van der Waals surface area contributed by atoms with Gasteiger partial charge in [-0.3, -0.25) is 4.79 Å². The lowest BCUT2D eigenvalue weighted by Crippen LogP contribution is -2.50. The first-order valence-electron chi connectivity index (χ1n) is 6.30. The summed E-state index contributed by atoms with van der Waals surface area (Å²) in [6.07, 6.45) is -0.645. The number of fused-ring (bicyclic) bond motifs is 1. The van der Waals surface area contributed by atoms with Crippen LogP contribution in [0.3, 0.4) is 0 Å². The van der Waals surface area contributed by atoms with E-state index < -0.39 is 11.6 Å². The molecule has 0 radical (unpaired) electrons. The molecule has 1 aliphatic rings. The fraction of sp³-hybridized carbons (Fsp3) is 0.500. The van der Waals surface area contributed by atoms with E-state index in [1.54, 1.807) is 39.0 Å². The first-order valence-corrected chi connectivity index (χ1v) is 6.30. The standard InChI is InChI=1S/C14H19NO4/c1-9(16)14(2,3)15-13(17)10-4-5-11-12(8-10)19-7-6-18-11/h4-5,8-9,16H,6-7H2,1-3H3,(H,15,17). The molecule has 0 aliphatic carbocycles. The number of hydrogen-bond donors (Lipinski definition) is 2. The van der Waals surface area contributed by atoms with Crippen molar-refractivity contribution in [3.05, 3.63) is 23.8 Å². The van der Waals surface area contributed by atoms with Crippen LogP contribution in [-0.2, 0) is 0 Å². The maximum absolute atomic E-state index is 12.1. The van der Waals surface area contributed by atoms with Gasteiger partial charge in [-0.05, 0) is 39.0 Å². The molecule has 104 valence electrons. The third-order valence-electron chi connectivity index (χ3n) is 3.28. The van der Waals surface area contributed by atoms with Crippen molar-refractivity contribution in [2.24, 2.45) is 0 Å². The van der Waals surface area contributed by atoms with Crippen molar-refractivity contribution in [3.63, 3.8) is 0 Å². The summed E-state index contributed by atoms with van der Waals surface area (Å²) < 4.78 is 10.8. The zero-order valence-electron chi connectivity index (χ0n) is 11.4. The predicted octanol–water partition coefficient (Wildman–Crippen LogP) is 1.35. The maximum Gasteiger partial charge on any atom is 0.251 e. The Morgan fingerprint density at radius 1 is 1.32 bits per heavy atom. The van der Waals surface area contributed by atoms with Crippen molar-refractivity contribution in [1.29, 1.82) is 0 Å². The van der Waals surface area contributed by atoms with E-state index in [-0.39, 0.29) is 5.91 Å². The Kier molecular flexibility index (Phi) is 3.66. The van der Waals surface area contributed by atoms with Crippen molar-refractivity contribution >= 4 is 5.91 Å². The third-order valence-corrected chi connectivity index (χ3v) is 3.28. The second-order valence-corrected chi connectivity index (χ2v) is 5.21. The molecule has 2 rings (SSSR count). The normalized spacial score (nSPS) is 15.8. The van der Waals surface area contributed by atoms with E-state index in [0.29, 0.717) is 30.3 Å². The number of carbonyl (C=O) groups excluding carboxylic acids is 1. The summed E-state index contributed by atoms with van der Waals surface area (Å²) in [5.41, 5.74) is -0.206. The number of amides is 1. The molecule has 1 atom stereocenters. The van der Waals surface area contributed by atoms with Gasteiger partial charge < -0.3 is 19.9 Å². The third kappa shape index (κ3) is 2.98. The SMILES string of the molecule is CC(O)C(C)(C)NC(=O)c1ccc2c(c1)OCCO2. The fourth-order valence-corrected chi connectivity index (χ4v) is 1.65. The van der Waals surface area contributed by atoms with Crippen LogP contribution in [0, 0.1) is 0 Å². The van der Waals surface area contributed by atoms with Crippen molar-refractivity contribution in [1.82, 2.24) is 5.32 Å². The van der Waals surface area contributed by atoms with Crippen LogP contribution in [0.4, 0.5) is 0 Å². The Bertz CT molecular complexity index is 482. The molecule has 1 aliphatic heterocycles. The average Bonchev–Trinajstić information content (AvgIpc) is 2.37. The largest absolute Gasteiger partial charge is 0.486 e. The topological polar surface area (TPSA) is 67.8 Å². The van der Waals surface area contributed by atoms with E-state index in [1.807, 2.05) is 0 Å². The van der Waals surface area contributed by atoms with Crippen molar-refractivity contribution in [3.8, 4) is 11.5 Å². The number of nitrogens with one attached hydrogen (secondary N) is 1. The van der Waals surface area contributed by atoms with Gasteiger partial charge in [0.15, 0.2) is 11.5 Å². The molecule has 0 aromatic heterocycles.